The Bertz CT molecular complexity index is 1280. The maximum absolute atomic E-state index is 13.1. The molecule has 2 heterocycles. The number of amides is 1. The SMILES string of the molecule is Cc1ccc(NC(=O)[C@@H]2CCCN(S(=O)(=O)c3ccc4[nH]c(=O)oc4c3)C2)cc1C. The fourth-order valence-corrected chi connectivity index (χ4v) is 5.21. The first-order valence-electron chi connectivity index (χ1n) is 9.75. The van der Waals surface area contributed by atoms with Gasteiger partial charge in [0.05, 0.1) is 16.3 Å². The Morgan fingerprint density at radius 2 is 1.97 bits per heavy atom. The summed E-state index contributed by atoms with van der Waals surface area (Å²) >= 11 is 0. The molecule has 0 aliphatic carbocycles. The summed E-state index contributed by atoms with van der Waals surface area (Å²) in [5.74, 6) is -1.27. The molecule has 30 heavy (non-hydrogen) atoms. The highest BCUT2D eigenvalue weighted by molar-refractivity contribution is 7.89. The Labute approximate surface area is 173 Å². The van der Waals surface area contributed by atoms with Crippen molar-refractivity contribution in [3.63, 3.8) is 0 Å². The number of oxazole rings is 1. The predicted molar refractivity (Wildman–Crippen MR) is 113 cm³/mol. The molecule has 1 aliphatic heterocycles. The van der Waals surface area contributed by atoms with Gasteiger partial charge < -0.3 is 9.73 Å². The molecule has 0 bridgehead atoms. The van der Waals surface area contributed by atoms with Crippen LogP contribution in [0.1, 0.15) is 24.0 Å². The van der Waals surface area contributed by atoms with Crippen molar-refractivity contribution in [1.82, 2.24) is 9.29 Å². The Morgan fingerprint density at radius 3 is 2.73 bits per heavy atom. The summed E-state index contributed by atoms with van der Waals surface area (Å²) in [6, 6.07) is 9.96. The summed E-state index contributed by atoms with van der Waals surface area (Å²) in [6.45, 7) is 4.42. The molecule has 0 saturated carbocycles. The molecule has 1 fully saturated rings. The molecule has 0 radical (unpaired) electrons. The fourth-order valence-electron chi connectivity index (χ4n) is 3.67. The van der Waals surface area contributed by atoms with Crippen LogP contribution in [0.3, 0.4) is 0 Å². The minimum absolute atomic E-state index is 0.0352. The Hall–Kier alpha value is -2.91. The lowest BCUT2D eigenvalue weighted by molar-refractivity contribution is -0.120. The number of aromatic amines is 1. The summed E-state index contributed by atoms with van der Waals surface area (Å²) in [7, 11) is -3.82. The van der Waals surface area contributed by atoms with E-state index in [0.717, 1.165) is 11.1 Å². The predicted octanol–water partition coefficient (Wildman–Crippen LogP) is 2.78. The van der Waals surface area contributed by atoms with Gasteiger partial charge in [0.1, 0.15) is 0 Å². The van der Waals surface area contributed by atoms with Crippen LogP contribution in [0.4, 0.5) is 5.69 Å². The van der Waals surface area contributed by atoms with Crippen molar-refractivity contribution < 1.29 is 17.6 Å². The lowest BCUT2D eigenvalue weighted by Crippen LogP contribution is -2.43. The second-order valence-corrected chi connectivity index (χ2v) is 9.60. The summed E-state index contributed by atoms with van der Waals surface area (Å²) in [4.78, 5) is 26.6. The number of nitrogens with one attached hydrogen (secondary N) is 2. The van der Waals surface area contributed by atoms with Crippen LogP contribution in [0, 0.1) is 19.8 Å². The van der Waals surface area contributed by atoms with Crippen LogP contribution >= 0.6 is 0 Å². The number of fused-ring (bicyclic) bond motifs is 1. The zero-order valence-corrected chi connectivity index (χ0v) is 17.6. The first-order valence-corrected chi connectivity index (χ1v) is 11.2. The quantitative estimate of drug-likeness (QED) is 0.662. The summed E-state index contributed by atoms with van der Waals surface area (Å²) in [6.07, 6.45) is 1.21. The summed E-state index contributed by atoms with van der Waals surface area (Å²) in [5.41, 5.74) is 3.53. The van der Waals surface area contributed by atoms with Gasteiger partial charge in [-0.1, -0.05) is 6.07 Å². The van der Waals surface area contributed by atoms with E-state index in [9.17, 15) is 18.0 Å². The van der Waals surface area contributed by atoms with Crippen LogP contribution in [0.5, 0.6) is 0 Å². The van der Waals surface area contributed by atoms with E-state index in [-0.39, 0.29) is 22.9 Å². The minimum atomic E-state index is -3.82. The molecular weight excluding hydrogens is 406 g/mol. The lowest BCUT2D eigenvalue weighted by Gasteiger charge is -2.31. The first-order chi connectivity index (χ1) is 14.2. The number of sulfonamides is 1. The second kappa shape index (κ2) is 7.73. The van der Waals surface area contributed by atoms with Gasteiger partial charge in [0.15, 0.2) is 5.58 Å². The van der Waals surface area contributed by atoms with Crippen LogP contribution in [0.15, 0.2) is 50.5 Å². The third kappa shape index (κ3) is 3.90. The zero-order valence-electron chi connectivity index (χ0n) is 16.8. The van der Waals surface area contributed by atoms with E-state index in [1.807, 2.05) is 32.0 Å². The van der Waals surface area contributed by atoms with Gasteiger partial charge in [-0.2, -0.15) is 4.31 Å². The lowest BCUT2D eigenvalue weighted by atomic mass is 9.98. The van der Waals surface area contributed by atoms with E-state index in [0.29, 0.717) is 30.6 Å². The maximum atomic E-state index is 13.1. The Balaban J connectivity index is 1.52. The molecule has 3 aromatic rings. The van der Waals surface area contributed by atoms with Gasteiger partial charge in [0.2, 0.25) is 15.9 Å². The molecule has 1 amide bonds. The van der Waals surface area contributed by atoms with E-state index in [1.165, 1.54) is 22.5 Å². The largest absolute Gasteiger partial charge is 0.417 e. The maximum Gasteiger partial charge on any atom is 0.417 e. The van der Waals surface area contributed by atoms with Gasteiger partial charge in [-0.3, -0.25) is 9.78 Å². The number of carbonyl (C=O) groups is 1. The molecule has 1 aromatic heterocycles. The van der Waals surface area contributed by atoms with Crippen LogP contribution in [-0.4, -0.2) is 36.7 Å². The van der Waals surface area contributed by atoms with Gasteiger partial charge in [0, 0.05) is 24.8 Å². The smallest absolute Gasteiger partial charge is 0.408 e. The normalized spacial score (nSPS) is 17.9. The number of benzene rings is 2. The van der Waals surface area contributed by atoms with Crippen LogP contribution in [0.2, 0.25) is 0 Å². The van der Waals surface area contributed by atoms with Crippen molar-refractivity contribution in [3.8, 4) is 0 Å². The van der Waals surface area contributed by atoms with Crippen molar-refractivity contribution in [2.24, 2.45) is 5.92 Å². The van der Waals surface area contributed by atoms with Crippen LogP contribution < -0.4 is 11.1 Å². The van der Waals surface area contributed by atoms with E-state index < -0.39 is 21.7 Å². The number of hydrogen-bond acceptors (Lipinski definition) is 5. The number of hydrogen-bond donors (Lipinski definition) is 2. The third-order valence-electron chi connectivity index (χ3n) is 5.56. The average molecular weight is 429 g/mol. The molecule has 1 atom stereocenters. The van der Waals surface area contributed by atoms with Gasteiger partial charge in [-0.05, 0) is 62.1 Å². The van der Waals surface area contributed by atoms with Crippen molar-refractivity contribution in [3.05, 3.63) is 58.1 Å². The van der Waals surface area contributed by atoms with Gasteiger partial charge in [0.25, 0.3) is 0 Å². The van der Waals surface area contributed by atoms with E-state index in [1.54, 1.807) is 0 Å². The molecule has 158 valence electrons. The van der Waals surface area contributed by atoms with Gasteiger partial charge >= 0.3 is 5.76 Å². The number of carbonyl (C=O) groups excluding carboxylic acids is 1. The molecule has 4 rings (SSSR count). The molecule has 0 unspecified atom stereocenters. The van der Waals surface area contributed by atoms with E-state index >= 15 is 0 Å². The topological polar surface area (TPSA) is 112 Å². The third-order valence-corrected chi connectivity index (χ3v) is 7.42. The molecule has 2 aromatic carbocycles. The number of H-pyrrole nitrogens is 1. The Morgan fingerprint density at radius 1 is 1.17 bits per heavy atom. The van der Waals surface area contributed by atoms with Crippen molar-refractivity contribution in [2.45, 2.75) is 31.6 Å². The minimum Gasteiger partial charge on any atom is -0.408 e. The summed E-state index contributed by atoms with van der Waals surface area (Å²) < 4.78 is 32.5. The van der Waals surface area contributed by atoms with Crippen LogP contribution in [0.25, 0.3) is 11.1 Å². The number of rotatable bonds is 4. The molecule has 1 aliphatic rings. The number of aryl methyl sites for hydroxylation is 2. The fraction of sp³-hybridized carbons (Fsp3) is 0.333. The first kappa shape index (κ1) is 20.4. The molecule has 1 saturated heterocycles. The summed E-state index contributed by atoms with van der Waals surface area (Å²) in [5, 5.41) is 2.90. The highest BCUT2D eigenvalue weighted by atomic mass is 32.2. The monoisotopic (exact) mass is 429 g/mol. The van der Waals surface area contributed by atoms with E-state index in [2.05, 4.69) is 10.3 Å². The molecule has 9 heteroatoms. The zero-order chi connectivity index (χ0) is 21.5. The second-order valence-electron chi connectivity index (χ2n) is 7.66. The number of aromatic nitrogens is 1. The van der Waals surface area contributed by atoms with Gasteiger partial charge in [-0.15, -0.1) is 0 Å². The average Bonchev–Trinajstić information content (AvgIpc) is 3.10. The van der Waals surface area contributed by atoms with Crippen molar-refractivity contribution in [2.75, 3.05) is 18.4 Å². The molecule has 0 spiro atoms. The van der Waals surface area contributed by atoms with Crippen molar-refractivity contribution in [1.29, 1.82) is 0 Å². The number of anilines is 1. The standard InChI is InChI=1S/C21H23N3O5S/c1-13-5-6-16(10-14(13)2)22-20(25)15-4-3-9-24(12-15)30(27,28)17-7-8-18-19(11-17)29-21(26)23-18/h5-8,10-11,15H,3-4,9,12H2,1-2H3,(H,22,25)(H,23,26)/t15-/m1/s1. The highest BCUT2D eigenvalue weighted by Gasteiger charge is 2.33. The highest BCUT2D eigenvalue weighted by Crippen LogP contribution is 2.26. The van der Waals surface area contributed by atoms with Gasteiger partial charge in [-0.25, -0.2) is 13.2 Å². The Kier molecular flexibility index (Phi) is 5.25. The number of nitrogens with zero attached hydrogens (tertiary/aromatic N) is 1. The molecule has 2 N–H and O–H groups in total. The van der Waals surface area contributed by atoms with Crippen molar-refractivity contribution >= 4 is 32.7 Å². The van der Waals surface area contributed by atoms with E-state index in [4.69, 9.17) is 4.42 Å². The van der Waals surface area contributed by atoms with Crippen LogP contribution in [-0.2, 0) is 14.8 Å². The molecular formula is C21H23N3O5S. The molecule has 8 nitrogen and oxygen atoms in total. The number of piperidine rings is 1.